The van der Waals surface area contributed by atoms with Gasteiger partial charge in [0.2, 0.25) is 0 Å². The molecule has 0 radical (unpaired) electrons. The highest BCUT2D eigenvalue weighted by molar-refractivity contribution is 7.52. The number of carboxylic acid groups (broad SMARTS) is 1. The highest BCUT2D eigenvalue weighted by atomic mass is 31.2. The van der Waals surface area contributed by atoms with Crippen LogP contribution in [0, 0.1) is 18.3 Å². The van der Waals surface area contributed by atoms with Gasteiger partial charge in [0.05, 0.1) is 6.61 Å². The molecule has 1 fully saturated rings. The molecule has 6 atom stereocenters. The van der Waals surface area contributed by atoms with Crippen molar-refractivity contribution >= 4 is 13.7 Å². The molecule has 200 valence electrons. The van der Waals surface area contributed by atoms with E-state index >= 15 is 0 Å². The molecule has 1 aliphatic rings. The van der Waals surface area contributed by atoms with E-state index in [2.05, 4.69) is 5.09 Å². The fraction of sp³-hybridized carbons (Fsp3) is 0.435. The van der Waals surface area contributed by atoms with Crippen LogP contribution in [-0.4, -0.2) is 60.8 Å². The van der Waals surface area contributed by atoms with Gasteiger partial charge in [0.1, 0.15) is 23.5 Å². The summed E-state index contributed by atoms with van der Waals surface area (Å²) in [6, 6.07) is 8.82. The number of nitrogens with zero attached hydrogens (tertiary/aromatic N) is 1. The Bertz CT molecular complexity index is 1340. The summed E-state index contributed by atoms with van der Waals surface area (Å²) in [5.41, 5.74) is -5.87. The molecule has 0 bridgehead atoms. The topological polar surface area (TPSA) is 189 Å². The number of nitrogens with one attached hydrogen (secondary N) is 2. The number of para-hydroxylation sites is 1. The molecule has 5 N–H and O–H groups in total. The van der Waals surface area contributed by atoms with Crippen molar-refractivity contribution in [2.45, 2.75) is 50.3 Å². The van der Waals surface area contributed by atoms with Gasteiger partial charge in [-0.3, -0.25) is 23.7 Å². The molecule has 1 aliphatic heterocycles. The van der Waals surface area contributed by atoms with Crippen LogP contribution in [0.4, 0.5) is 0 Å². The Morgan fingerprint density at radius 3 is 2.54 bits per heavy atom. The van der Waals surface area contributed by atoms with Gasteiger partial charge in [0, 0.05) is 12.3 Å². The minimum absolute atomic E-state index is 0.0977. The summed E-state index contributed by atoms with van der Waals surface area (Å²) in [5.74, 6) is 0.201. The number of aliphatic hydroxyl groups is 2. The van der Waals surface area contributed by atoms with Gasteiger partial charge in [-0.15, -0.1) is 6.42 Å². The van der Waals surface area contributed by atoms with Crippen molar-refractivity contribution < 1.29 is 38.5 Å². The molecular weight excluding hydrogens is 509 g/mol. The third kappa shape index (κ3) is 5.70. The molecule has 3 rings (SSSR count). The monoisotopic (exact) mass is 537 g/mol. The van der Waals surface area contributed by atoms with E-state index in [1.54, 1.807) is 32.0 Å². The Labute approximate surface area is 211 Å². The Kier molecular flexibility index (Phi) is 8.14. The molecule has 13 nitrogen and oxygen atoms in total. The van der Waals surface area contributed by atoms with E-state index in [1.165, 1.54) is 19.1 Å². The fourth-order valence-electron chi connectivity index (χ4n) is 3.53. The van der Waals surface area contributed by atoms with Gasteiger partial charge in [-0.2, -0.15) is 5.09 Å². The molecule has 1 aromatic carbocycles. The van der Waals surface area contributed by atoms with Crippen molar-refractivity contribution in [2.24, 2.45) is 5.92 Å². The second-order valence-electron chi connectivity index (χ2n) is 8.93. The number of rotatable bonds is 10. The normalized spacial score (nSPS) is 26.7. The molecule has 0 amide bonds. The number of terminal acetylenes is 1. The SMILES string of the molecule is C#C[C@@]1(O)[C@H](O)[C@@H](COP(=O)(N[C@](C)(C(=O)O)C(C)C)Oc2ccccc2)O[C@H]1n1ccc(=O)[nH]c1=O. The molecule has 14 heteroatoms. The third-order valence-electron chi connectivity index (χ3n) is 6.16. The molecule has 1 saturated heterocycles. The second-order valence-corrected chi connectivity index (χ2v) is 10.6. The largest absolute Gasteiger partial charge is 0.480 e. The summed E-state index contributed by atoms with van der Waals surface area (Å²) >= 11 is 0. The number of benzene rings is 1. The Balaban J connectivity index is 1.91. The second kappa shape index (κ2) is 10.6. The van der Waals surface area contributed by atoms with Gasteiger partial charge in [-0.1, -0.05) is 38.0 Å². The van der Waals surface area contributed by atoms with Crippen LogP contribution in [0.25, 0.3) is 0 Å². The van der Waals surface area contributed by atoms with Crippen molar-refractivity contribution in [2.75, 3.05) is 6.61 Å². The molecule has 0 aliphatic carbocycles. The number of carboxylic acids is 1. The van der Waals surface area contributed by atoms with E-state index in [4.69, 9.17) is 20.2 Å². The van der Waals surface area contributed by atoms with Crippen LogP contribution < -0.4 is 20.9 Å². The van der Waals surface area contributed by atoms with Crippen molar-refractivity contribution in [3.8, 4) is 18.1 Å². The number of aliphatic carboxylic acids is 1. The summed E-state index contributed by atoms with van der Waals surface area (Å²) in [6.45, 7) is 3.79. The van der Waals surface area contributed by atoms with E-state index in [-0.39, 0.29) is 5.75 Å². The first-order chi connectivity index (χ1) is 17.3. The van der Waals surface area contributed by atoms with Crippen LogP contribution in [0.1, 0.15) is 27.0 Å². The number of aromatic nitrogens is 2. The first kappa shape index (κ1) is 28.3. The van der Waals surface area contributed by atoms with Crippen molar-refractivity contribution in [1.29, 1.82) is 0 Å². The van der Waals surface area contributed by atoms with Crippen molar-refractivity contribution in [1.82, 2.24) is 14.6 Å². The van der Waals surface area contributed by atoms with Gasteiger partial charge >= 0.3 is 19.4 Å². The highest BCUT2D eigenvalue weighted by Crippen LogP contribution is 2.48. The average Bonchev–Trinajstić information content (AvgIpc) is 3.08. The lowest BCUT2D eigenvalue weighted by molar-refractivity contribution is -0.145. The maximum Gasteiger partial charge on any atom is 0.459 e. The van der Waals surface area contributed by atoms with E-state index in [1.807, 2.05) is 10.9 Å². The Hall–Kier alpha value is -3.24. The van der Waals surface area contributed by atoms with Gasteiger partial charge in [-0.05, 0) is 25.0 Å². The minimum Gasteiger partial charge on any atom is -0.480 e. The number of aromatic amines is 1. The van der Waals surface area contributed by atoms with Gasteiger partial charge < -0.3 is 24.6 Å². The lowest BCUT2D eigenvalue weighted by Crippen LogP contribution is -2.53. The average molecular weight is 537 g/mol. The van der Waals surface area contributed by atoms with E-state index in [9.17, 15) is 34.3 Å². The third-order valence-corrected chi connectivity index (χ3v) is 7.84. The predicted octanol–water partition coefficient (Wildman–Crippen LogP) is 0.452. The molecule has 1 unspecified atom stereocenters. The Morgan fingerprint density at radius 2 is 2.00 bits per heavy atom. The number of H-pyrrole nitrogens is 1. The van der Waals surface area contributed by atoms with E-state index in [0.717, 1.165) is 16.8 Å². The fourth-order valence-corrected chi connectivity index (χ4v) is 5.36. The molecular formula is C23H28N3O10P. The Morgan fingerprint density at radius 1 is 1.35 bits per heavy atom. The van der Waals surface area contributed by atoms with Crippen LogP contribution in [0.3, 0.4) is 0 Å². The molecule has 2 heterocycles. The van der Waals surface area contributed by atoms with E-state index in [0.29, 0.717) is 0 Å². The van der Waals surface area contributed by atoms with Crippen LogP contribution in [0.5, 0.6) is 5.75 Å². The summed E-state index contributed by atoms with van der Waals surface area (Å²) in [5, 5.41) is 33.9. The minimum atomic E-state index is -4.48. The first-order valence-electron chi connectivity index (χ1n) is 11.1. The zero-order valence-electron chi connectivity index (χ0n) is 20.2. The number of carbonyl (C=O) groups is 1. The quantitative estimate of drug-likeness (QED) is 0.209. The number of hydrogen-bond acceptors (Lipinski definition) is 9. The smallest absolute Gasteiger partial charge is 0.459 e. The molecule has 0 spiro atoms. The zero-order valence-corrected chi connectivity index (χ0v) is 21.1. The lowest BCUT2D eigenvalue weighted by atomic mass is 9.90. The van der Waals surface area contributed by atoms with Crippen LogP contribution in [0.15, 0.2) is 52.2 Å². The van der Waals surface area contributed by atoms with Crippen LogP contribution in [0.2, 0.25) is 0 Å². The number of hydrogen-bond donors (Lipinski definition) is 5. The molecule has 37 heavy (non-hydrogen) atoms. The van der Waals surface area contributed by atoms with Crippen LogP contribution >= 0.6 is 7.75 Å². The summed E-state index contributed by atoms with van der Waals surface area (Å²) in [4.78, 5) is 37.7. The standard InChI is InChI=1S/C23H28N3O10P/c1-5-23(32)18(28)16(35-19(23)26-12-11-17(27)24-21(26)31)13-34-37(33,36-15-9-7-6-8-10-15)25-22(4,14(2)3)20(29)30/h1,6-12,14,16,18-19,28,32H,13H2,2-4H3,(H,25,33)(H,29,30)(H,24,27,31)/t16-,18-,19-,22+,23-,37?/m1/s1. The maximum absolute atomic E-state index is 13.8. The summed E-state index contributed by atoms with van der Waals surface area (Å²) in [6.07, 6.45) is 1.52. The van der Waals surface area contributed by atoms with Gasteiger partial charge in [0.25, 0.3) is 5.56 Å². The van der Waals surface area contributed by atoms with Crippen molar-refractivity contribution in [3.63, 3.8) is 0 Å². The number of ether oxygens (including phenoxy) is 1. The molecule has 1 aromatic heterocycles. The lowest BCUT2D eigenvalue weighted by Gasteiger charge is -2.33. The van der Waals surface area contributed by atoms with Crippen LogP contribution in [-0.2, 0) is 18.6 Å². The predicted molar refractivity (Wildman–Crippen MR) is 130 cm³/mol. The van der Waals surface area contributed by atoms with Gasteiger partial charge in [-0.25, -0.2) is 9.36 Å². The molecule has 0 saturated carbocycles. The highest BCUT2D eigenvalue weighted by Gasteiger charge is 2.56. The van der Waals surface area contributed by atoms with Gasteiger partial charge in [0.15, 0.2) is 11.8 Å². The summed E-state index contributed by atoms with van der Waals surface area (Å²) in [7, 11) is -4.48. The molecule has 2 aromatic rings. The number of aliphatic hydroxyl groups excluding tert-OH is 1. The van der Waals surface area contributed by atoms with E-state index < -0.39 is 67.1 Å². The summed E-state index contributed by atoms with van der Waals surface area (Å²) < 4.78 is 31.2. The zero-order chi connectivity index (χ0) is 27.6. The first-order valence-corrected chi connectivity index (χ1v) is 12.7. The maximum atomic E-state index is 13.8. The van der Waals surface area contributed by atoms with Crippen molar-refractivity contribution in [3.05, 3.63) is 63.4 Å².